The van der Waals surface area contributed by atoms with Gasteiger partial charge >= 0.3 is 0 Å². The van der Waals surface area contributed by atoms with Gasteiger partial charge in [-0.1, -0.05) is 29.3 Å². The molecule has 0 aliphatic heterocycles. The number of anilines is 1. The molecule has 0 saturated heterocycles. The quantitative estimate of drug-likeness (QED) is 0.625. The number of rotatable bonds is 6. The minimum Gasteiger partial charge on any atom is -0.368 e. The van der Waals surface area contributed by atoms with Gasteiger partial charge in [-0.25, -0.2) is 18.1 Å². The Bertz CT molecular complexity index is 1160. The van der Waals surface area contributed by atoms with Crippen molar-refractivity contribution in [1.82, 2.24) is 9.71 Å². The van der Waals surface area contributed by atoms with Gasteiger partial charge < -0.3 is 5.32 Å². The van der Waals surface area contributed by atoms with E-state index in [1.807, 2.05) is 32.9 Å². The molecule has 6 nitrogen and oxygen atoms in total. The van der Waals surface area contributed by atoms with E-state index >= 15 is 0 Å². The van der Waals surface area contributed by atoms with Crippen molar-refractivity contribution in [2.45, 2.75) is 25.7 Å². The second-order valence-corrected chi connectivity index (χ2v) is 8.55. The first-order valence-electron chi connectivity index (χ1n) is 8.92. The first-order chi connectivity index (χ1) is 13.3. The van der Waals surface area contributed by atoms with Gasteiger partial charge in [0.25, 0.3) is 0 Å². The lowest BCUT2D eigenvalue weighted by Gasteiger charge is -2.12. The summed E-state index contributed by atoms with van der Waals surface area (Å²) >= 11 is 0. The Kier molecular flexibility index (Phi) is 5.63. The molecule has 0 unspecified atom stereocenters. The number of pyridine rings is 1. The monoisotopic (exact) mass is 394 g/mol. The summed E-state index contributed by atoms with van der Waals surface area (Å²) < 4.78 is 27.2. The van der Waals surface area contributed by atoms with Crippen molar-refractivity contribution in [1.29, 1.82) is 5.26 Å². The lowest BCUT2D eigenvalue weighted by atomic mass is 10.1. The van der Waals surface area contributed by atoms with Crippen molar-refractivity contribution < 1.29 is 8.42 Å². The number of nitrogens with zero attached hydrogens (tertiary/aromatic N) is 2. The van der Waals surface area contributed by atoms with Crippen LogP contribution in [-0.2, 0) is 10.0 Å². The molecule has 144 valence electrons. The molecule has 7 heteroatoms. The molecule has 2 aromatic carbocycles. The molecule has 0 amide bonds. The van der Waals surface area contributed by atoms with E-state index in [-0.39, 0.29) is 11.4 Å². The van der Waals surface area contributed by atoms with E-state index in [2.05, 4.69) is 21.1 Å². The van der Waals surface area contributed by atoms with E-state index in [1.54, 1.807) is 30.3 Å². The molecule has 0 aliphatic carbocycles. The molecule has 0 spiro atoms. The molecule has 0 fully saturated rings. The molecule has 0 aliphatic rings. The van der Waals surface area contributed by atoms with Crippen molar-refractivity contribution >= 4 is 26.7 Å². The number of fused-ring (bicyclic) bond motifs is 1. The summed E-state index contributed by atoms with van der Waals surface area (Å²) in [6.07, 6.45) is 0. The predicted octanol–water partition coefficient (Wildman–Crippen LogP) is 3.42. The van der Waals surface area contributed by atoms with Crippen LogP contribution in [0.1, 0.15) is 22.3 Å². The molecular formula is C21H22N4O2S. The van der Waals surface area contributed by atoms with Gasteiger partial charge in [-0.05, 0) is 50.6 Å². The number of hydrogen-bond donors (Lipinski definition) is 2. The van der Waals surface area contributed by atoms with Crippen molar-refractivity contribution in [3.63, 3.8) is 0 Å². The third kappa shape index (κ3) is 4.30. The van der Waals surface area contributed by atoms with Gasteiger partial charge in [0.2, 0.25) is 10.0 Å². The van der Waals surface area contributed by atoms with Crippen LogP contribution in [0.2, 0.25) is 0 Å². The number of nitrogens with one attached hydrogen (secondary N) is 2. The lowest BCUT2D eigenvalue weighted by molar-refractivity contribution is 0.583. The number of hydrogen-bond acceptors (Lipinski definition) is 5. The van der Waals surface area contributed by atoms with Gasteiger partial charge in [-0.3, -0.25) is 0 Å². The van der Waals surface area contributed by atoms with Crippen LogP contribution in [0.25, 0.3) is 10.9 Å². The van der Waals surface area contributed by atoms with Gasteiger partial charge in [-0.15, -0.1) is 0 Å². The highest BCUT2D eigenvalue weighted by molar-refractivity contribution is 7.89. The lowest BCUT2D eigenvalue weighted by Crippen LogP contribution is -2.29. The Morgan fingerprint density at radius 3 is 2.39 bits per heavy atom. The maximum atomic E-state index is 12.3. The minimum absolute atomic E-state index is 0.174. The highest BCUT2D eigenvalue weighted by Crippen LogP contribution is 2.24. The molecule has 0 bridgehead atoms. The second-order valence-electron chi connectivity index (χ2n) is 6.79. The Morgan fingerprint density at radius 1 is 1.00 bits per heavy atom. The fourth-order valence-corrected chi connectivity index (χ4v) is 4.07. The van der Waals surface area contributed by atoms with Crippen LogP contribution in [0.5, 0.6) is 0 Å². The van der Waals surface area contributed by atoms with Crippen molar-refractivity contribution in [3.05, 3.63) is 64.7 Å². The Morgan fingerprint density at radius 2 is 1.71 bits per heavy atom. The normalized spacial score (nSPS) is 11.4. The molecule has 3 aromatic rings. The average Bonchev–Trinajstić information content (AvgIpc) is 2.65. The zero-order valence-electron chi connectivity index (χ0n) is 16.1. The molecule has 1 heterocycles. The van der Waals surface area contributed by atoms with Crippen LogP contribution in [0.4, 0.5) is 5.82 Å². The highest BCUT2D eigenvalue weighted by atomic mass is 32.2. The number of nitriles is 1. The fourth-order valence-electron chi connectivity index (χ4n) is 3.04. The SMILES string of the molecule is Cc1ccc(S(=O)(=O)NCCNc2nc3c(C)cc(C)cc3cc2C#N)cc1. The van der Waals surface area contributed by atoms with E-state index in [0.29, 0.717) is 17.9 Å². The van der Waals surface area contributed by atoms with Gasteiger partial charge in [0, 0.05) is 18.5 Å². The predicted molar refractivity (Wildman–Crippen MR) is 111 cm³/mol. The molecule has 3 rings (SSSR count). The van der Waals surface area contributed by atoms with E-state index in [0.717, 1.165) is 27.6 Å². The third-order valence-electron chi connectivity index (χ3n) is 4.41. The average molecular weight is 395 g/mol. The molecule has 2 N–H and O–H groups in total. The van der Waals surface area contributed by atoms with E-state index in [9.17, 15) is 13.7 Å². The van der Waals surface area contributed by atoms with Crippen LogP contribution >= 0.6 is 0 Å². The zero-order chi connectivity index (χ0) is 20.3. The minimum atomic E-state index is -3.57. The van der Waals surface area contributed by atoms with Crippen LogP contribution in [0, 0.1) is 32.1 Å². The summed E-state index contributed by atoms with van der Waals surface area (Å²) in [5.74, 6) is 0.455. The molecule has 0 saturated carbocycles. The summed E-state index contributed by atoms with van der Waals surface area (Å²) in [4.78, 5) is 4.81. The summed E-state index contributed by atoms with van der Waals surface area (Å²) in [5, 5.41) is 13.4. The van der Waals surface area contributed by atoms with Crippen molar-refractivity contribution in [3.8, 4) is 6.07 Å². The van der Waals surface area contributed by atoms with Gasteiger partial charge in [-0.2, -0.15) is 5.26 Å². The standard InChI is InChI=1S/C21H22N4O2S/c1-14-4-6-19(7-5-14)28(26,27)24-9-8-23-21-18(13-22)12-17-11-15(2)10-16(3)20(17)25-21/h4-7,10-12,24H,8-9H2,1-3H3,(H,23,25). The largest absolute Gasteiger partial charge is 0.368 e. The summed E-state index contributed by atoms with van der Waals surface area (Å²) in [6.45, 7) is 6.37. The molecule has 28 heavy (non-hydrogen) atoms. The Hall–Kier alpha value is -2.95. The van der Waals surface area contributed by atoms with Gasteiger partial charge in [0.1, 0.15) is 11.9 Å². The van der Waals surface area contributed by atoms with E-state index in [1.165, 1.54) is 0 Å². The number of benzene rings is 2. The topological polar surface area (TPSA) is 94.9 Å². The van der Waals surface area contributed by atoms with E-state index in [4.69, 9.17) is 0 Å². The molecule has 0 radical (unpaired) electrons. The first kappa shape index (κ1) is 19.8. The summed E-state index contributed by atoms with van der Waals surface area (Å²) in [6, 6.07) is 14.7. The summed E-state index contributed by atoms with van der Waals surface area (Å²) in [5.41, 5.74) is 4.40. The van der Waals surface area contributed by atoms with Gasteiger partial charge in [0.15, 0.2) is 0 Å². The van der Waals surface area contributed by atoms with Gasteiger partial charge in [0.05, 0.1) is 16.0 Å². The number of aromatic nitrogens is 1. The van der Waals surface area contributed by atoms with Crippen molar-refractivity contribution in [2.24, 2.45) is 0 Å². The Balaban J connectivity index is 1.71. The van der Waals surface area contributed by atoms with Crippen LogP contribution in [-0.4, -0.2) is 26.5 Å². The van der Waals surface area contributed by atoms with Crippen LogP contribution in [0.3, 0.4) is 0 Å². The number of sulfonamides is 1. The summed E-state index contributed by atoms with van der Waals surface area (Å²) in [7, 11) is -3.57. The van der Waals surface area contributed by atoms with E-state index < -0.39 is 10.0 Å². The smallest absolute Gasteiger partial charge is 0.240 e. The van der Waals surface area contributed by atoms with Crippen LogP contribution in [0.15, 0.2) is 47.4 Å². The third-order valence-corrected chi connectivity index (χ3v) is 5.89. The maximum absolute atomic E-state index is 12.3. The zero-order valence-corrected chi connectivity index (χ0v) is 16.9. The molecule has 0 atom stereocenters. The maximum Gasteiger partial charge on any atom is 0.240 e. The molecule has 1 aromatic heterocycles. The highest BCUT2D eigenvalue weighted by Gasteiger charge is 2.13. The van der Waals surface area contributed by atoms with Crippen LogP contribution < -0.4 is 10.0 Å². The second kappa shape index (κ2) is 7.97. The first-order valence-corrected chi connectivity index (χ1v) is 10.4. The molecular weight excluding hydrogens is 372 g/mol. The Labute approximate surface area is 165 Å². The van der Waals surface area contributed by atoms with Crippen molar-refractivity contribution in [2.75, 3.05) is 18.4 Å². The number of aryl methyl sites for hydroxylation is 3. The fraction of sp³-hybridized carbons (Fsp3) is 0.238.